The van der Waals surface area contributed by atoms with Gasteiger partial charge in [-0.3, -0.25) is 29.9 Å². The minimum Gasteiger partial charge on any atom is -0.497 e. The van der Waals surface area contributed by atoms with Crippen molar-refractivity contribution in [2.24, 2.45) is 0 Å². The molecule has 0 atom stereocenters. The van der Waals surface area contributed by atoms with Crippen molar-refractivity contribution in [1.82, 2.24) is 0 Å². The lowest BCUT2D eigenvalue weighted by atomic mass is 10.1. The first kappa shape index (κ1) is 26.6. The summed E-state index contributed by atoms with van der Waals surface area (Å²) in [5.74, 6) is 0.602. The fourth-order valence-electron chi connectivity index (χ4n) is 3.51. The van der Waals surface area contributed by atoms with E-state index >= 15 is 0 Å². The van der Waals surface area contributed by atoms with E-state index in [2.05, 4.69) is 0 Å². The lowest BCUT2D eigenvalue weighted by Gasteiger charge is -2.14. The molecule has 1 fully saturated rings. The molecule has 4 rings (SSSR count). The lowest BCUT2D eigenvalue weighted by molar-refractivity contribution is -0.394. The van der Waals surface area contributed by atoms with Gasteiger partial charge in [0.15, 0.2) is 15.8 Å². The van der Waals surface area contributed by atoms with Crippen LogP contribution in [0.2, 0.25) is 0 Å². The molecule has 0 aliphatic carbocycles. The quantitative estimate of drug-likeness (QED) is 0.132. The number of thiocarbonyl (C=S) groups is 1. The van der Waals surface area contributed by atoms with E-state index < -0.39 is 21.2 Å². The van der Waals surface area contributed by atoms with Crippen LogP contribution in [-0.4, -0.2) is 33.8 Å². The van der Waals surface area contributed by atoms with Gasteiger partial charge in [0.25, 0.3) is 11.6 Å². The number of carbonyl (C=O) groups is 1. The Labute approximate surface area is 225 Å². The first-order valence-electron chi connectivity index (χ1n) is 11.0. The van der Waals surface area contributed by atoms with Gasteiger partial charge in [-0.25, -0.2) is 0 Å². The third-order valence-electron chi connectivity index (χ3n) is 5.26. The van der Waals surface area contributed by atoms with Gasteiger partial charge in [0.05, 0.1) is 40.2 Å². The van der Waals surface area contributed by atoms with Gasteiger partial charge in [0.2, 0.25) is 5.75 Å². The number of hydrogen-bond donors (Lipinski definition) is 0. The molecule has 1 aliphatic heterocycles. The average molecular weight is 554 g/mol. The first-order valence-corrected chi connectivity index (χ1v) is 12.2. The van der Waals surface area contributed by atoms with E-state index in [1.54, 1.807) is 56.5 Å². The summed E-state index contributed by atoms with van der Waals surface area (Å²) in [7, 11) is 1.55. The molecule has 0 aromatic heterocycles. The highest BCUT2D eigenvalue weighted by atomic mass is 32.2. The molecule has 3 aromatic rings. The summed E-state index contributed by atoms with van der Waals surface area (Å²) in [6.07, 6.45) is 1.66. The van der Waals surface area contributed by atoms with E-state index in [1.807, 2.05) is 0 Å². The third kappa shape index (κ3) is 5.58. The molecular weight excluding hydrogens is 534 g/mol. The van der Waals surface area contributed by atoms with Crippen LogP contribution in [0.3, 0.4) is 0 Å². The van der Waals surface area contributed by atoms with Crippen molar-refractivity contribution in [2.75, 3.05) is 18.6 Å². The number of carbonyl (C=O) groups excluding carboxylic acids is 1. The van der Waals surface area contributed by atoms with Gasteiger partial charge in [-0.1, -0.05) is 30.0 Å². The molecular formula is C25H19N3O8S2. The molecule has 1 heterocycles. The third-order valence-corrected chi connectivity index (χ3v) is 6.56. The Kier molecular flexibility index (Phi) is 7.88. The highest BCUT2D eigenvalue weighted by molar-refractivity contribution is 8.27. The van der Waals surface area contributed by atoms with Crippen LogP contribution < -0.4 is 19.1 Å². The largest absolute Gasteiger partial charge is 0.497 e. The second-order valence-corrected chi connectivity index (χ2v) is 9.30. The summed E-state index contributed by atoms with van der Waals surface area (Å²) in [5.41, 5.74) is 0.221. The highest BCUT2D eigenvalue weighted by Gasteiger charge is 2.33. The van der Waals surface area contributed by atoms with E-state index in [4.69, 9.17) is 26.4 Å². The minimum atomic E-state index is -0.762. The van der Waals surface area contributed by atoms with E-state index in [1.165, 1.54) is 11.0 Å². The normalized spacial score (nSPS) is 14.1. The molecule has 13 heteroatoms. The van der Waals surface area contributed by atoms with Crippen LogP contribution in [0.25, 0.3) is 6.08 Å². The SMILES string of the molecule is CCOc1cc(/C=C2\SC(=S)N(c3ccc(OC)cc3)C2=O)ccc1Oc1ccc([N+](=O)[O-])cc1[N+](=O)[O-]. The number of nitro groups is 2. The topological polar surface area (TPSA) is 134 Å². The maximum Gasteiger partial charge on any atom is 0.318 e. The number of anilines is 1. The van der Waals surface area contributed by atoms with E-state index in [0.29, 0.717) is 26.2 Å². The molecule has 1 saturated heterocycles. The summed E-state index contributed by atoms with van der Waals surface area (Å²) in [5, 5.41) is 22.5. The van der Waals surface area contributed by atoms with Gasteiger partial charge >= 0.3 is 5.69 Å². The standard InChI is InChI=1S/C25H19N3O8S2/c1-3-35-22-12-15(4-10-21(22)36-20-11-7-17(27(30)31)14-19(20)28(32)33)13-23-24(29)26(25(37)38-23)16-5-8-18(34-2)9-6-16/h4-14H,3H2,1-2H3/b23-13-. The second kappa shape index (κ2) is 11.3. The Morgan fingerprint density at radius 1 is 0.974 bits per heavy atom. The van der Waals surface area contributed by atoms with Crippen LogP contribution in [0.4, 0.5) is 17.1 Å². The van der Waals surface area contributed by atoms with Gasteiger partial charge in [-0.15, -0.1) is 0 Å². The van der Waals surface area contributed by atoms with Crippen molar-refractivity contribution in [2.45, 2.75) is 6.92 Å². The number of benzene rings is 3. The number of hydrogen-bond acceptors (Lipinski definition) is 10. The monoisotopic (exact) mass is 553 g/mol. The van der Waals surface area contributed by atoms with Gasteiger partial charge in [-0.2, -0.15) is 0 Å². The van der Waals surface area contributed by atoms with E-state index in [-0.39, 0.29) is 29.8 Å². The number of rotatable bonds is 9. The zero-order valence-electron chi connectivity index (χ0n) is 20.0. The fraction of sp³-hybridized carbons (Fsp3) is 0.120. The van der Waals surface area contributed by atoms with Crippen LogP contribution in [0.1, 0.15) is 12.5 Å². The number of amides is 1. The average Bonchev–Trinajstić information content (AvgIpc) is 3.17. The maximum absolute atomic E-state index is 13.1. The van der Waals surface area contributed by atoms with Gasteiger partial charge in [0.1, 0.15) is 5.75 Å². The summed E-state index contributed by atoms with van der Waals surface area (Å²) in [4.78, 5) is 35.9. The van der Waals surface area contributed by atoms with Crippen molar-refractivity contribution in [3.05, 3.63) is 91.4 Å². The van der Waals surface area contributed by atoms with Crippen molar-refractivity contribution < 1.29 is 28.9 Å². The molecule has 0 saturated carbocycles. The minimum absolute atomic E-state index is 0.159. The molecule has 11 nitrogen and oxygen atoms in total. The number of non-ortho nitro benzene ring substituents is 1. The Balaban J connectivity index is 1.62. The molecule has 1 aliphatic rings. The molecule has 0 radical (unpaired) electrons. The predicted octanol–water partition coefficient (Wildman–Crippen LogP) is 6.11. The first-order chi connectivity index (χ1) is 18.2. The Bertz CT molecular complexity index is 1470. The molecule has 3 aromatic carbocycles. The van der Waals surface area contributed by atoms with Crippen molar-refractivity contribution in [3.63, 3.8) is 0 Å². The zero-order valence-corrected chi connectivity index (χ0v) is 21.6. The second-order valence-electron chi connectivity index (χ2n) is 7.62. The van der Waals surface area contributed by atoms with Crippen LogP contribution >= 0.6 is 24.0 Å². The van der Waals surface area contributed by atoms with Gasteiger partial charge < -0.3 is 14.2 Å². The van der Waals surface area contributed by atoms with Crippen LogP contribution in [0.15, 0.2) is 65.6 Å². The number of thioether (sulfide) groups is 1. The Morgan fingerprint density at radius 2 is 1.68 bits per heavy atom. The van der Waals surface area contributed by atoms with Crippen LogP contribution in [-0.2, 0) is 4.79 Å². The molecule has 1 amide bonds. The molecule has 0 N–H and O–H groups in total. The maximum atomic E-state index is 13.1. The van der Waals surface area contributed by atoms with E-state index in [0.717, 1.165) is 30.0 Å². The Hall–Kier alpha value is -4.49. The summed E-state index contributed by atoms with van der Waals surface area (Å²) >= 11 is 6.58. The van der Waals surface area contributed by atoms with Gasteiger partial charge in [0, 0.05) is 6.07 Å². The van der Waals surface area contributed by atoms with Crippen molar-refractivity contribution in [1.29, 1.82) is 0 Å². The van der Waals surface area contributed by atoms with Crippen molar-refractivity contribution in [3.8, 4) is 23.0 Å². The zero-order chi connectivity index (χ0) is 27.4. The molecule has 194 valence electrons. The van der Waals surface area contributed by atoms with Crippen LogP contribution in [0, 0.1) is 20.2 Å². The number of nitrogens with zero attached hydrogens (tertiary/aromatic N) is 3. The smallest absolute Gasteiger partial charge is 0.318 e. The van der Waals surface area contributed by atoms with Crippen molar-refractivity contribution >= 4 is 57.3 Å². The molecule has 0 spiro atoms. The number of nitro benzene ring substituents is 2. The summed E-state index contributed by atoms with van der Waals surface area (Å²) < 4.78 is 16.9. The van der Waals surface area contributed by atoms with Gasteiger partial charge in [-0.05, 0) is 61.0 Å². The lowest BCUT2D eigenvalue weighted by Crippen LogP contribution is -2.27. The highest BCUT2D eigenvalue weighted by Crippen LogP contribution is 2.40. The summed E-state index contributed by atoms with van der Waals surface area (Å²) in [6, 6.07) is 14.9. The van der Waals surface area contributed by atoms with Crippen LogP contribution in [0.5, 0.6) is 23.0 Å². The van der Waals surface area contributed by atoms with E-state index in [9.17, 15) is 25.0 Å². The molecule has 0 unspecified atom stereocenters. The Morgan fingerprint density at radius 3 is 2.32 bits per heavy atom. The molecule has 0 bridgehead atoms. The summed E-state index contributed by atoms with van der Waals surface area (Å²) in [6.45, 7) is 2.02. The number of ether oxygens (including phenoxy) is 3. The fourth-order valence-corrected chi connectivity index (χ4v) is 4.81. The predicted molar refractivity (Wildman–Crippen MR) is 146 cm³/mol. The molecule has 38 heavy (non-hydrogen) atoms. The number of methoxy groups -OCH3 is 1.